The number of nitrogens with one attached hydrogen (secondary N) is 1. The maximum atomic E-state index is 14.2. The Kier molecular flexibility index (Phi) is 7.18. The summed E-state index contributed by atoms with van der Waals surface area (Å²) in [5, 5.41) is 4.26. The number of thiophene rings is 1. The Morgan fingerprint density at radius 3 is 2.20 bits per heavy atom. The van der Waals surface area contributed by atoms with Crippen molar-refractivity contribution in [3.05, 3.63) is 74.4 Å². The van der Waals surface area contributed by atoms with Crippen LogP contribution in [0.4, 0.5) is 28.9 Å². The lowest BCUT2D eigenvalue weighted by atomic mass is 10.1. The molecular weight excluding hydrogens is 510 g/mol. The number of benzene rings is 2. The average Bonchev–Trinajstić information content (AvgIpc) is 3.38. The Morgan fingerprint density at radius 1 is 1.00 bits per heavy atom. The fraction of sp³-hybridized carbons (Fsp3) is 0.217. The first-order valence-corrected chi connectivity index (χ1v) is 11.6. The molecule has 0 atom stereocenters. The summed E-state index contributed by atoms with van der Waals surface area (Å²) in [7, 11) is 0.838. The molecule has 0 spiro atoms. The number of hydrogen-bond acceptors (Lipinski definition) is 5. The number of hydrogen-bond donors (Lipinski definition) is 1. The molecule has 12 heteroatoms. The maximum Gasteiger partial charge on any atom is 0.264 e. The zero-order chi connectivity index (χ0) is 25.3. The third-order valence-electron chi connectivity index (χ3n) is 5.50. The molecule has 2 aromatic carbocycles. The van der Waals surface area contributed by atoms with E-state index in [2.05, 4.69) is 10.1 Å². The van der Waals surface area contributed by atoms with E-state index in [0.29, 0.717) is 36.7 Å². The summed E-state index contributed by atoms with van der Waals surface area (Å²) in [6.07, 6.45) is 0. The van der Waals surface area contributed by atoms with Crippen molar-refractivity contribution in [2.24, 2.45) is 0 Å². The van der Waals surface area contributed by atoms with Gasteiger partial charge in [-0.05, 0) is 29.6 Å². The lowest BCUT2D eigenvalue weighted by molar-refractivity contribution is 0.0751. The van der Waals surface area contributed by atoms with Crippen molar-refractivity contribution in [1.29, 1.82) is 0 Å². The quantitative estimate of drug-likeness (QED) is 0.367. The number of methoxy groups -OCH3 is 1. The van der Waals surface area contributed by atoms with Gasteiger partial charge in [0.2, 0.25) is 11.6 Å². The summed E-state index contributed by atoms with van der Waals surface area (Å²) in [5.74, 6) is -10.1. The smallest absolute Gasteiger partial charge is 0.264 e. The molecule has 3 aromatic rings. The predicted octanol–water partition coefficient (Wildman–Crippen LogP) is 5.18. The second-order valence-corrected chi connectivity index (χ2v) is 8.90. The summed E-state index contributed by atoms with van der Waals surface area (Å²) in [6, 6.07) is 7.98. The molecule has 1 saturated heterocycles. The topological polar surface area (TPSA) is 61.9 Å². The molecule has 184 valence electrons. The van der Waals surface area contributed by atoms with Gasteiger partial charge < -0.3 is 19.9 Å². The van der Waals surface area contributed by atoms with Crippen molar-refractivity contribution in [2.75, 3.05) is 43.5 Å². The summed E-state index contributed by atoms with van der Waals surface area (Å²) in [6.45, 7) is 2.00. The SMILES string of the molecule is COc1c(F)c(F)c(C(=O)Nc2ccc(N3CCN(C(=O)c4cccs4)CC3)c(Cl)c2)c(F)c1F. The van der Waals surface area contributed by atoms with Gasteiger partial charge in [0.15, 0.2) is 17.4 Å². The fourth-order valence-corrected chi connectivity index (χ4v) is 4.72. The van der Waals surface area contributed by atoms with Gasteiger partial charge in [-0.15, -0.1) is 11.3 Å². The van der Waals surface area contributed by atoms with Crippen LogP contribution >= 0.6 is 22.9 Å². The molecule has 1 aromatic heterocycles. The van der Waals surface area contributed by atoms with E-state index in [-0.39, 0.29) is 16.6 Å². The standard InChI is InChI=1S/C23H18ClF4N3O3S/c1-34-21-19(27)17(25)16(18(26)20(21)28)22(32)29-12-4-5-14(13(24)11-12)30-6-8-31(9-7-30)23(33)15-3-2-10-35-15/h2-5,10-11H,6-9H2,1H3,(H,29,32). The van der Waals surface area contributed by atoms with E-state index >= 15 is 0 Å². The van der Waals surface area contributed by atoms with Gasteiger partial charge in [0.05, 0.1) is 22.7 Å². The fourth-order valence-electron chi connectivity index (χ4n) is 3.73. The molecule has 0 radical (unpaired) electrons. The highest BCUT2D eigenvalue weighted by Crippen LogP contribution is 2.32. The van der Waals surface area contributed by atoms with Gasteiger partial charge >= 0.3 is 0 Å². The number of rotatable bonds is 5. The molecule has 0 unspecified atom stereocenters. The minimum atomic E-state index is -1.88. The van der Waals surface area contributed by atoms with Crippen LogP contribution in [0.2, 0.25) is 5.02 Å². The van der Waals surface area contributed by atoms with Crippen molar-refractivity contribution in [3.8, 4) is 5.75 Å². The summed E-state index contributed by atoms with van der Waals surface area (Å²) in [5.41, 5.74) is -0.731. The molecule has 2 amide bonds. The third-order valence-corrected chi connectivity index (χ3v) is 6.66. The van der Waals surface area contributed by atoms with Crippen LogP contribution < -0.4 is 15.0 Å². The highest BCUT2D eigenvalue weighted by Gasteiger charge is 2.30. The molecule has 1 N–H and O–H groups in total. The molecule has 0 saturated carbocycles. The molecule has 2 heterocycles. The highest BCUT2D eigenvalue weighted by molar-refractivity contribution is 7.12. The monoisotopic (exact) mass is 527 g/mol. The maximum absolute atomic E-state index is 14.2. The first-order chi connectivity index (χ1) is 16.7. The number of anilines is 2. The summed E-state index contributed by atoms with van der Waals surface area (Å²) < 4.78 is 60.7. The predicted molar refractivity (Wildman–Crippen MR) is 125 cm³/mol. The number of carbonyl (C=O) groups is 2. The van der Waals surface area contributed by atoms with Crippen LogP contribution in [0.25, 0.3) is 0 Å². The van der Waals surface area contributed by atoms with E-state index in [1.165, 1.54) is 23.5 Å². The molecule has 0 bridgehead atoms. The van der Waals surface area contributed by atoms with Crippen molar-refractivity contribution in [2.45, 2.75) is 0 Å². The van der Waals surface area contributed by atoms with E-state index in [4.69, 9.17) is 11.6 Å². The highest BCUT2D eigenvalue weighted by atomic mass is 35.5. The molecule has 35 heavy (non-hydrogen) atoms. The zero-order valence-electron chi connectivity index (χ0n) is 18.2. The van der Waals surface area contributed by atoms with Gasteiger partial charge in [-0.2, -0.15) is 8.78 Å². The van der Waals surface area contributed by atoms with Gasteiger partial charge in [0, 0.05) is 31.9 Å². The van der Waals surface area contributed by atoms with E-state index in [0.717, 1.165) is 7.11 Å². The Hall–Kier alpha value is -3.31. The molecule has 1 aliphatic heterocycles. The van der Waals surface area contributed by atoms with Crippen molar-refractivity contribution < 1.29 is 31.9 Å². The first-order valence-electron chi connectivity index (χ1n) is 10.3. The van der Waals surface area contributed by atoms with Crippen molar-refractivity contribution >= 4 is 46.1 Å². The van der Waals surface area contributed by atoms with Crippen LogP contribution in [0, 0.1) is 23.3 Å². The Labute approximate surface area is 206 Å². The van der Waals surface area contributed by atoms with Gasteiger partial charge in [-0.3, -0.25) is 9.59 Å². The average molecular weight is 528 g/mol. The lowest BCUT2D eigenvalue weighted by Gasteiger charge is -2.36. The molecule has 0 aliphatic carbocycles. The van der Waals surface area contributed by atoms with Crippen LogP contribution in [0.5, 0.6) is 5.75 Å². The molecule has 1 aliphatic rings. The van der Waals surface area contributed by atoms with Crippen molar-refractivity contribution in [1.82, 2.24) is 4.90 Å². The molecule has 4 rings (SSSR count). The minimum Gasteiger partial charge on any atom is -0.491 e. The van der Waals surface area contributed by atoms with Crippen molar-refractivity contribution in [3.63, 3.8) is 0 Å². The van der Waals surface area contributed by atoms with Gasteiger partial charge in [0.25, 0.3) is 11.8 Å². The molecular formula is C23H18ClF4N3O3S. The third kappa shape index (κ3) is 4.78. The van der Waals surface area contributed by atoms with Crippen LogP contribution in [0.3, 0.4) is 0 Å². The number of piperazine rings is 1. The van der Waals surface area contributed by atoms with E-state index in [1.54, 1.807) is 17.0 Å². The largest absolute Gasteiger partial charge is 0.491 e. The summed E-state index contributed by atoms with van der Waals surface area (Å²) in [4.78, 5) is 29.3. The number of carbonyl (C=O) groups excluding carboxylic acids is 2. The molecule has 6 nitrogen and oxygen atoms in total. The lowest BCUT2D eigenvalue weighted by Crippen LogP contribution is -2.48. The first kappa shape index (κ1) is 24.8. The zero-order valence-corrected chi connectivity index (χ0v) is 19.8. The van der Waals surface area contributed by atoms with E-state index in [9.17, 15) is 27.2 Å². The second-order valence-electron chi connectivity index (χ2n) is 7.54. The van der Waals surface area contributed by atoms with Gasteiger partial charge in [-0.1, -0.05) is 17.7 Å². The number of halogens is 5. The van der Waals surface area contributed by atoms with Gasteiger partial charge in [-0.25, -0.2) is 8.78 Å². The van der Waals surface area contributed by atoms with E-state index in [1.807, 2.05) is 16.3 Å². The number of amides is 2. The molecule has 1 fully saturated rings. The van der Waals surface area contributed by atoms with Crippen LogP contribution in [-0.4, -0.2) is 50.0 Å². The minimum absolute atomic E-state index is 0.0327. The van der Waals surface area contributed by atoms with Crippen LogP contribution in [0.15, 0.2) is 35.7 Å². The van der Waals surface area contributed by atoms with E-state index < -0.39 is 40.5 Å². The second kappa shape index (κ2) is 10.1. The normalized spacial score (nSPS) is 13.7. The Balaban J connectivity index is 1.46. The number of ether oxygens (including phenoxy) is 1. The van der Waals surface area contributed by atoms with Crippen LogP contribution in [0.1, 0.15) is 20.0 Å². The van der Waals surface area contributed by atoms with Gasteiger partial charge in [0.1, 0.15) is 5.56 Å². The number of nitrogens with zero attached hydrogens (tertiary/aromatic N) is 2. The Morgan fingerprint density at radius 2 is 1.66 bits per heavy atom. The Bertz CT molecular complexity index is 1250. The summed E-state index contributed by atoms with van der Waals surface area (Å²) >= 11 is 7.75. The van der Waals surface area contributed by atoms with Crippen LogP contribution in [-0.2, 0) is 0 Å².